The molecule has 0 aliphatic rings. The van der Waals surface area contributed by atoms with Crippen molar-refractivity contribution in [3.8, 4) is 0 Å². The van der Waals surface area contributed by atoms with Crippen LogP contribution < -0.4 is 4.90 Å². The van der Waals surface area contributed by atoms with Gasteiger partial charge in [-0.25, -0.2) is 9.97 Å². The number of aliphatic hydroxyl groups excluding tert-OH is 1. The number of aromatic nitrogens is 2. The molecule has 4 heteroatoms. The zero-order chi connectivity index (χ0) is 12.1. The van der Waals surface area contributed by atoms with E-state index in [1.165, 1.54) is 0 Å². The zero-order valence-corrected chi connectivity index (χ0v) is 10.5. The van der Waals surface area contributed by atoms with Crippen LogP contribution in [0.15, 0.2) is 12.4 Å². The molecule has 0 amide bonds. The van der Waals surface area contributed by atoms with Gasteiger partial charge in [-0.2, -0.15) is 0 Å². The van der Waals surface area contributed by atoms with Crippen molar-refractivity contribution in [2.45, 2.75) is 39.8 Å². The van der Waals surface area contributed by atoms with Crippen molar-refractivity contribution in [2.24, 2.45) is 5.92 Å². The van der Waals surface area contributed by atoms with Crippen LogP contribution in [0.4, 0.5) is 5.95 Å². The first-order chi connectivity index (χ1) is 7.54. The number of hydrogen-bond donors (Lipinski definition) is 1. The summed E-state index contributed by atoms with van der Waals surface area (Å²) in [6.45, 7) is 6.58. The van der Waals surface area contributed by atoms with Crippen LogP contribution in [-0.4, -0.2) is 28.2 Å². The molecule has 1 heterocycles. The molecule has 0 fully saturated rings. The second kappa shape index (κ2) is 5.80. The van der Waals surface area contributed by atoms with Crippen molar-refractivity contribution in [3.05, 3.63) is 18.0 Å². The van der Waals surface area contributed by atoms with Gasteiger partial charge in [0.25, 0.3) is 0 Å². The molecule has 0 bridgehead atoms. The van der Waals surface area contributed by atoms with Crippen molar-refractivity contribution in [1.29, 1.82) is 0 Å². The van der Waals surface area contributed by atoms with E-state index in [-0.39, 0.29) is 6.61 Å². The Balaban J connectivity index is 2.67. The first-order valence-electron chi connectivity index (χ1n) is 5.69. The van der Waals surface area contributed by atoms with E-state index in [1.807, 2.05) is 7.05 Å². The SMILES string of the molecule is CC(C)CC(C)N(C)c1ncc(CO)cn1. The van der Waals surface area contributed by atoms with Crippen LogP contribution in [-0.2, 0) is 6.61 Å². The Bertz CT molecular complexity index is 311. The van der Waals surface area contributed by atoms with Crippen molar-refractivity contribution in [2.75, 3.05) is 11.9 Å². The van der Waals surface area contributed by atoms with E-state index in [0.717, 1.165) is 12.0 Å². The molecule has 90 valence electrons. The summed E-state index contributed by atoms with van der Waals surface area (Å²) in [5.41, 5.74) is 0.744. The molecule has 0 radical (unpaired) electrons. The van der Waals surface area contributed by atoms with E-state index in [4.69, 9.17) is 5.11 Å². The third-order valence-corrected chi connectivity index (χ3v) is 2.66. The fourth-order valence-corrected chi connectivity index (χ4v) is 1.65. The third-order valence-electron chi connectivity index (χ3n) is 2.66. The number of rotatable bonds is 5. The van der Waals surface area contributed by atoms with Crippen LogP contribution >= 0.6 is 0 Å². The Labute approximate surface area is 97.3 Å². The first-order valence-corrected chi connectivity index (χ1v) is 5.69. The van der Waals surface area contributed by atoms with Gasteiger partial charge in [-0.15, -0.1) is 0 Å². The smallest absolute Gasteiger partial charge is 0.225 e. The van der Waals surface area contributed by atoms with Gasteiger partial charge in [-0.05, 0) is 19.3 Å². The van der Waals surface area contributed by atoms with Crippen molar-refractivity contribution < 1.29 is 5.11 Å². The summed E-state index contributed by atoms with van der Waals surface area (Å²) in [7, 11) is 2.00. The minimum absolute atomic E-state index is 0.00839. The lowest BCUT2D eigenvalue weighted by molar-refractivity contribution is 0.281. The Morgan fingerprint density at radius 3 is 2.25 bits per heavy atom. The van der Waals surface area contributed by atoms with Gasteiger partial charge in [0.1, 0.15) is 0 Å². The van der Waals surface area contributed by atoms with Crippen LogP contribution in [0.5, 0.6) is 0 Å². The van der Waals surface area contributed by atoms with E-state index in [0.29, 0.717) is 17.9 Å². The molecule has 0 aliphatic carbocycles. The van der Waals surface area contributed by atoms with E-state index >= 15 is 0 Å². The van der Waals surface area contributed by atoms with Crippen LogP contribution in [0.25, 0.3) is 0 Å². The molecule has 4 nitrogen and oxygen atoms in total. The molecule has 1 unspecified atom stereocenters. The zero-order valence-electron chi connectivity index (χ0n) is 10.5. The molecule has 1 atom stereocenters. The number of aliphatic hydroxyl groups is 1. The summed E-state index contributed by atoms with van der Waals surface area (Å²) in [6.07, 6.45) is 4.45. The van der Waals surface area contributed by atoms with Crippen molar-refractivity contribution in [1.82, 2.24) is 9.97 Å². The number of hydrogen-bond acceptors (Lipinski definition) is 4. The van der Waals surface area contributed by atoms with Gasteiger partial charge in [-0.1, -0.05) is 13.8 Å². The molecule has 0 aliphatic heterocycles. The van der Waals surface area contributed by atoms with Crippen molar-refractivity contribution >= 4 is 5.95 Å². The fourth-order valence-electron chi connectivity index (χ4n) is 1.65. The van der Waals surface area contributed by atoms with Gasteiger partial charge in [0.2, 0.25) is 5.95 Å². The summed E-state index contributed by atoms with van der Waals surface area (Å²) in [5.74, 6) is 1.37. The summed E-state index contributed by atoms with van der Waals surface area (Å²) in [4.78, 5) is 10.5. The quantitative estimate of drug-likeness (QED) is 0.827. The minimum atomic E-state index is -0.00839. The monoisotopic (exact) mass is 223 g/mol. The average molecular weight is 223 g/mol. The fraction of sp³-hybridized carbons (Fsp3) is 0.667. The standard InChI is InChI=1S/C12H21N3O/c1-9(2)5-10(3)15(4)12-13-6-11(8-16)7-14-12/h6-7,9-10,16H,5,8H2,1-4H3. The Morgan fingerprint density at radius 1 is 1.25 bits per heavy atom. The van der Waals surface area contributed by atoms with Gasteiger partial charge in [-0.3, -0.25) is 0 Å². The van der Waals surface area contributed by atoms with E-state index in [9.17, 15) is 0 Å². The first kappa shape index (κ1) is 12.9. The molecule has 0 spiro atoms. The molecule has 1 N–H and O–H groups in total. The maximum Gasteiger partial charge on any atom is 0.225 e. The summed E-state index contributed by atoms with van der Waals surface area (Å²) in [6, 6.07) is 0.417. The maximum atomic E-state index is 8.90. The molecule has 16 heavy (non-hydrogen) atoms. The number of nitrogens with zero attached hydrogens (tertiary/aromatic N) is 3. The van der Waals surface area contributed by atoms with Crippen LogP contribution in [0, 0.1) is 5.92 Å². The maximum absolute atomic E-state index is 8.90. The van der Waals surface area contributed by atoms with Gasteiger partial charge in [0.05, 0.1) is 6.61 Å². The minimum Gasteiger partial charge on any atom is -0.392 e. The lowest BCUT2D eigenvalue weighted by atomic mass is 10.0. The van der Waals surface area contributed by atoms with Gasteiger partial charge in [0.15, 0.2) is 0 Å². The molecule has 1 aromatic rings. The normalized spacial score (nSPS) is 12.9. The predicted octanol–water partition coefficient (Wildman–Crippen LogP) is 1.84. The molecule has 1 rings (SSSR count). The lowest BCUT2D eigenvalue weighted by Gasteiger charge is -2.26. The molecular formula is C12H21N3O. The average Bonchev–Trinajstić information content (AvgIpc) is 2.27. The Hall–Kier alpha value is -1.16. The molecule has 0 aromatic carbocycles. The predicted molar refractivity (Wildman–Crippen MR) is 65.3 cm³/mol. The highest BCUT2D eigenvalue weighted by atomic mass is 16.3. The molecular weight excluding hydrogens is 202 g/mol. The highest BCUT2D eigenvalue weighted by Crippen LogP contribution is 2.14. The summed E-state index contributed by atoms with van der Waals surface area (Å²) < 4.78 is 0. The van der Waals surface area contributed by atoms with Crippen molar-refractivity contribution in [3.63, 3.8) is 0 Å². The van der Waals surface area contributed by atoms with E-state index in [1.54, 1.807) is 12.4 Å². The van der Waals surface area contributed by atoms with Crippen LogP contribution in [0.2, 0.25) is 0 Å². The second-order valence-electron chi connectivity index (χ2n) is 4.64. The summed E-state index contributed by atoms with van der Waals surface area (Å²) in [5, 5.41) is 8.90. The van der Waals surface area contributed by atoms with E-state index < -0.39 is 0 Å². The highest BCUT2D eigenvalue weighted by molar-refractivity contribution is 5.29. The molecule has 0 saturated heterocycles. The Kier molecular flexibility index (Phi) is 4.68. The van der Waals surface area contributed by atoms with Crippen LogP contribution in [0.3, 0.4) is 0 Å². The number of anilines is 1. The van der Waals surface area contributed by atoms with Gasteiger partial charge < -0.3 is 10.0 Å². The van der Waals surface area contributed by atoms with E-state index in [2.05, 4.69) is 35.6 Å². The Morgan fingerprint density at radius 2 is 1.81 bits per heavy atom. The lowest BCUT2D eigenvalue weighted by Crippen LogP contribution is -2.31. The highest BCUT2D eigenvalue weighted by Gasteiger charge is 2.13. The molecule has 0 saturated carbocycles. The largest absolute Gasteiger partial charge is 0.392 e. The molecule has 1 aromatic heterocycles. The second-order valence-corrected chi connectivity index (χ2v) is 4.64. The third kappa shape index (κ3) is 3.45. The topological polar surface area (TPSA) is 49.2 Å². The van der Waals surface area contributed by atoms with Crippen LogP contribution in [0.1, 0.15) is 32.8 Å². The summed E-state index contributed by atoms with van der Waals surface area (Å²) >= 11 is 0. The van der Waals surface area contributed by atoms with Gasteiger partial charge in [0, 0.05) is 31.0 Å². The van der Waals surface area contributed by atoms with Gasteiger partial charge >= 0.3 is 0 Å².